The molecule has 0 saturated carbocycles. The lowest BCUT2D eigenvalue weighted by Crippen LogP contribution is -2.03. The van der Waals surface area contributed by atoms with Crippen LogP contribution < -0.4 is 0 Å². The number of benzene rings is 1. The number of methoxy groups -OCH3 is 1. The third-order valence-corrected chi connectivity index (χ3v) is 1.96. The lowest BCUT2D eigenvalue weighted by Gasteiger charge is -2.04. The van der Waals surface area contributed by atoms with Crippen molar-refractivity contribution in [3.05, 3.63) is 30.1 Å². The zero-order valence-electron chi connectivity index (χ0n) is 8.36. The average molecular weight is 220 g/mol. The highest BCUT2D eigenvalue weighted by Gasteiger charge is 2.11. The normalized spacial score (nSPS) is 10.1. The lowest BCUT2D eigenvalue weighted by atomic mass is 10.2. The number of carbonyl (C=O) groups is 1. The van der Waals surface area contributed by atoms with Crippen LogP contribution in [0.25, 0.3) is 5.69 Å². The maximum absolute atomic E-state index is 11.2. The molecule has 0 aliphatic carbocycles. The largest absolute Gasteiger partial charge is 0.506 e. The minimum absolute atomic E-state index is 0.124. The molecule has 0 aliphatic rings. The number of rotatable bonds is 2. The summed E-state index contributed by atoms with van der Waals surface area (Å²) in [6.45, 7) is 0. The van der Waals surface area contributed by atoms with E-state index < -0.39 is 5.97 Å². The monoisotopic (exact) mass is 220 g/mol. The molecule has 0 fully saturated rings. The number of carbonyl (C=O) groups excluding carboxylic acids is 1. The van der Waals surface area contributed by atoms with E-state index in [0.29, 0.717) is 5.69 Å². The number of phenolic OH excluding ortho intramolecular Hbond substituents is 1. The molecular weight excluding hydrogens is 212 g/mol. The average Bonchev–Trinajstić information content (AvgIpc) is 2.81. The Labute approximate surface area is 90.3 Å². The summed E-state index contributed by atoms with van der Waals surface area (Å²) in [5.74, 6) is -0.644. The van der Waals surface area contributed by atoms with E-state index in [1.165, 1.54) is 31.6 Å². The number of tetrazole rings is 1. The molecular formula is C9H8N4O3. The summed E-state index contributed by atoms with van der Waals surface area (Å²) in [5.41, 5.74) is 0.592. The molecule has 82 valence electrons. The van der Waals surface area contributed by atoms with Crippen molar-refractivity contribution in [3.8, 4) is 11.4 Å². The summed E-state index contributed by atoms with van der Waals surface area (Å²) in [6, 6.07) is 4.29. The second-order valence-electron chi connectivity index (χ2n) is 2.92. The van der Waals surface area contributed by atoms with Gasteiger partial charge in [-0.3, -0.25) is 0 Å². The second-order valence-corrected chi connectivity index (χ2v) is 2.92. The van der Waals surface area contributed by atoms with Gasteiger partial charge in [0.25, 0.3) is 0 Å². The van der Waals surface area contributed by atoms with E-state index in [9.17, 15) is 9.90 Å². The number of hydrogen-bond donors (Lipinski definition) is 1. The maximum Gasteiger partial charge on any atom is 0.337 e. The first-order valence-corrected chi connectivity index (χ1v) is 4.37. The smallest absolute Gasteiger partial charge is 0.337 e. The first-order chi connectivity index (χ1) is 7.72. The molecule has 7 heteroatoms. The molecule has 2 aromatic rings. The topological polar surface area (TPSA) is 90.1 Å². The fourth-order valence-corrected chi connectivity index (χ4v) is 1.21. The van der Waals surface area contributed by atoms with Crippen molar-refractivity contribution >= 4 is 5.97 Å². The molecule has 7 nitrogen and oxygen atoms in total. The van der Waals surface area contributed by atoms with Gasteiger partial charge < -0.3 is 9.84 Å². The molecule has 1 N–H and O–H groups in total. The predicted molar refractivity (Wildman–Crippen MR) is 52.2 cm³/mol. The Morgan fingerprint density at radius 1 is 1.50 bits per heavy atom. The number of hydrogen-bond acceptors (Lipinski definition) is 6. The predicted octanol–water partition coefficient (Wildman–Crippen LogP) is 0.154. The van der Waals surface area contributed by atoms with Crippen LogP contribution in [0.3, 0.4) is 0 Å². The molecule has 0 spiro atoms. The van der Waals surface area contributed by atoms with E-state index >= 15 is 0 Å². The van der Waals surface area contributed by atoms with Crippen LogP contribution in [0, 0.1) is 0 Å². The third-order valence-electron chi connectivity index (χ3n) is 1.96. The number of aromatic nitrogens is 4. The SMILES string of the molecule is COC(=O)c1ccc(-n2ncnn2)c(O)c1. The second kappa shape index (κ2) is 3.97. The highest BCUT2D eigenvalue weighted by Crippen LogP contribution is 2.21. The number of phenols is 1. The zero-order valence-corrected chi connectivity index (χ0v) is 8.36. The Hall–Kier alpha value is -2.44. The number of nitrogens with zero attached hydrogens (tertiary/aromatic N) is 4. The van der Waals surface area contributed by atoms with Crippen molar-refractivity contribution in [2.45, 2.75) is 0 Å². The van der Waals surface area contributed by atoms with Crippen LogP contribution >= 0.6 is 0 Å². The molecule has 2 rings (SSSR count). The van der Waals surface area contributed by atoms with Crippen LogP contribution in [0.1, 0.15) is 10.4 Å². The van der Waals surface area contributed by atoms with Crippen molar-refractivity contribution in [3.63, 3.8) is 0 Å². The fourth-order valence-electron chi connectivity index (χ4n) is 1.21. The maximum atomic E-state index is 11.2. The van der Waals surface area contributed by atoms with Gasteiger partial charge in [-0.2, -0.15) is 0 Å². The van der Waals surface area contributed by atoms with Gasteiger partial charge in [0.15, 0.2) is 6.33 Å². The molecule has 0 bridgehead atoms. The van der Waals surface area contributed by atoms with Crippen molar-refractivity contribution in [1.29, 1.82) is 0 Å². The van der Waals surface area contributed by atoms with Crippen LogP contribution in [0.4, 0.5) is 0 Å². The van der Waals surface area contributed by atoms with E-state index in [2.05, 4.69) is 20.1 Å². The van der Waals surface area contributed by atoms with Crippen molar-refractivity contribution in [2.24, 2.45) is 0 Å². The number of ether oxygens (including phenoxy) is 1. The summed E-state index contributed by atoms with van der Waals surface area (Å²) in [5, 5.41) is 20.6. The molecule has 0 aliphatic heterocycles. The Kier molecular flexibility index (Phi) is 2.50. The molecule has 0 unspecified atom stereocenters. The summed E-state index contributed by atoms with van der Waals surface area (Å²) < 4.78 is 4.52. The van der Waals surface area contributed by atoms with Crippen LogP contribution in [-0.4, -0.2) is 38.4 Å². The quantitative estimate of drug-likeness (QED) is 0.725. The fraction of sp³-hybridized carbons (Fsp3) is 0.111. The van der Waals surface area contributed by atoms with Crippen LogP contribution in [-0.2, 0) is 4.74 Å². The molecule has 1 heterocycles. The Morgan fingerprint density at radius 2 is 2.31 bits per heavy atom. The lowest BCUT2D eigenvalue weighted by molar-refractivity contribution is 0.0600. The molecule has 0 saturated heterocycles. The van der Waals surface area contributed by atoms with E-state index in [-0.39, 0.29) is 11.3 Å². The molecule has 0 radical (unpaired) electrons. The van der Waals surface area contributed by atoms with E-state index in [1.54, 1.807) is 0 Å². The van der Waals surface area contributed by atoms with Crippen LogP contribution in [0.5, 0.6) is 5.75 Å². The number of esters is 1. The summed E-state index contributed by atoms with van der Waals surface area (Å²) in [4.78, 5) is 12.3. The van der Waals surface area contributed by atoms with Gasteiger partial charge in [-0.1, -0.05) is 0 Å². The first-order valence-electron chi connectivity index (χ1n) is 4.37. The first kappa shape index (κ1) is 10.1. The third kappa shape index (κ3) is 1.70. The van der Waals surface area contributed by atoms with Gasteiger partial charge in [-0.05, 0) is 23.4 Å². The minimum atomic E-state index is -0.520. The summed E-state index contributed by atoms with van der Waals surface area (Å²) >= 11 is 0. The summed E-state index contributed by atoms with van der Waals surface area (Å²) in [7, 11) is 1.27. The highest BCUT2D eigenvalue weighted by atomic mass is 16.5. The van der Waals surface area contributed by atoms with Gasteiger partial charge in [-0.15, -0.1) is 15.0 Å². The van der Waals surface area contributed by atoms with Crippen LogP contribution in [0.15, 0.2) is 24.5 Å². The standard InChI is InChI=1S/C9H8N4O3/c1-16-9(15)6-2-3-7(8(14)4-6)13-11-5-10-12-13/h2-5,14H,1H3. The molecule has 0 amide bonds. The zero-order chi connectivity index (χ0) is 11.5. The van der Waals surface area contributed by atoms with E-state index in [1.807, 2.05) is 0 Å². The van der Waals surface area contributed by atoms with Gasteiger partial charge in [0.1, 0.15) is 11.4 Å². The number of aromatic hydroxyl groups is 1. The Balaban J connectivity index is 2.41. The van der Waals surface area contributed by atoms with E-state index in [0.717, 1.165) is 4.80 Å². The van der Waals surface area contributed by atoms with Gasteiger partial charge in [-0.25, -0.2) is 4.79 Å². The molecule has 0 atom stereocenters. The summed E-state index contributed by atoms with van der Waals surface area (Å²) in [6.07, 6.45) is 1.24. The highest BCUT2D eigenvalue weighted by molar-refractivity contribution is 5.90. The Morgan fingerprint density at radius 3 is 2.88 bits per heavy atom. The van der Waals surface area contributed by atoms with Gasteiger partial charge in [0.05, 0.1) is 12.7 Å². The van der Waals surface area contributed by atoms with Crippen molar-refractivity contribution in [1.82, 2.24) is 20.2 Å². The molecule has 16 heavy (non-hydrogen) atoms. The van der Waals surface area contributed by atoms with Gasteiger partial charge in [0, 0.05) is 0 Å². The van der Waals surface area contributed by atoms with Crippen molar-refractivity contribution in [2.75, 3.05) is 7.11 Å². The van der Waals surface area contributed by atoms with Crippen LogP contribution in [0.2, 0.25) is 0 Å². The molecule has 1 aromatic carbocycles. The van der Waals surface area contributed by atoms with Gasteiger partial charge >= 0.3 is 5.97 Å². The van der Waals surface area contributed by atoms with Crippen molar-refractivity contribution < 1.29 is 14.6 Å². The van der Waals surface area contributed by atoms with E-state index in [4.69, 9.17) is 0 Å². The minimum Gasteiger partial charge on any atom is -0.506 e. The van der Waals surface area contributed by atoms with Gasteiger partial charge in [0.2, 0.25) is 0 Å². The molecule has 1 aromatic heterocycles. The Bertz CT molecular complexity index is 509.